The van der Waals surface area contributed by atoms with Gasteiger partial charge < -0.3 is 5.32 Å². The van der Waals surface area contributed by atoms with E-state index in [-0.39, 0.29) is 5.56 Å². The second-order valence-corrected chi connectivity index (χ2v) is 6.29. The number of aromatic amines is 1. The third-order valence-corrected chi connectivity index (χ3v) is 4.37. The molecular formula is C18H16BrN3O. The molecule has 1 heterocycles. The molecule has 0 saturated carbocycles. The Balaban J connectivity index is 1.97. The average molecular weight is 370 g/mol. The molecule has 3 rings (SSSR count). The van der Waals surface area contributed by atoms with Crippen LogP contribution in [0.4, 0.5) is 11.6 Å². The first kappa shape index (κ1) is 15.5. The first-order valence-corrected chi connectivity index (χ1v) is 8.02. The van der Waals surface area contributed by atoms with Gasteiger partial charge in [-0.2, -0.15) is 0 Å². The Kier molecular flexibility index (Phi) is 4.30. The Hall–Kier alpha value is -2.40. The lowest BCUT2D eigenvalue weighted by Crippen LogP contribution is -2.10. The zero-order valence-corrected chi connectivity index (χ0v) is 14.4. The van der Waals surface area contributed by atoms with E-state index in [0.29, 0.717) is 11.6 Å². The largest absolute Gasteiger partial charge is 0.326 e. The number of aromatic nitrogens is 2. The van der Waals surface area contributed by atoms with Crippen LogP contribution in [0.1, 0.15) is 11.1 Å². The lowest BCUT2D eigenvalue weighted by molar-refractivity contribution is 1.12. The molecule has 0 saturated heterocycles. The topological polar surface area (TPSA) is 57.8 Å². The minimum atomic E-state index is -0.187. The zero-order valence-electron chi connectivity index (χ0n) is 12.9. The Morgan fingerprint density at radius 2 is 1.91 bits per heavy atom. The van der Waals surface area contributed by atoms with Crippen LogP contribution in [0.25, 0.3) is 11.3 Å². The molecule has 0 aliphatic carbocycles. The van der Waals surface area contributed by atoms with Crippen molar-refractivity contribution in [2.75, 3.05) is 5.32 Å². The van der Waals surface area contributed by atoms with Crippen LogP contribution in [0.3, 0.4) is 0 Å². The minimum absolute atomic E-state index is 0.187. The molecule has 3 aromatic rings. The van der Waals surface area contributed by atoms with Gasteiger partial charge in [0.2, 0.25) is 5.95 Å². The molecule has 0 fully saturated rings. The van der Waals surface area contributed by atoms with Gasteiger partial charge in [0.25, 0.3) is 5.56 Å². The molecule has 0 unspecified atom stereocenters. The molecule has 23 heavy (non-hydrogen) atoms. The molecule has 0 aliphatic heterocycles. The Labute approximate surface area is 142 Å². The highest BCUT2D eigenvalue weighted by atomic mass is 79.9. The minimum Gasteiger partial charge on any atom is -0.326 e. The maximum atomic E-state index is 11.9. The van der Waals surface area contributed by atoms with Gasteiger partial charge in [0.05, 0.1) is 5.69 Å². The predicted octanol–water partition coefficient (Wildman–Crippen LogP) is 4.56. The van der Waals surface area contributed by atoms with Crippen LogP contribution in [-0.4, -0.2) is 9.97 Å². The van der Waals surface area contributed by atoms with Gasteiger partial charge in [-0.1, -0.05) is 39.7 Å². The summed E-state index contributed by atoms with van der Waals surface area (Å²) in [5.74, 6) is 0.427. The molecular weight excluding hydrogens is 354 g/mol. The molecule has 0 atom stereocenters. The average Bonchev–Trinajstić information content (AvgIpc) is 2.50. The molecule has 0 radical (unpaired) electrons. The van der Waals surface area contributed by atoms with Gasteiger partial charge in [0, 0.05) is 21.8 Å². The van der Waals surface area contributed by atoms with Crippen LogP contribution in [0, 0.1) is 13.8 Å². The van der Waals surface area contributed by atoms with E-state index in [1.165, 1.54) is 6.07 Å². The molecule has 0 amide bonds. The second kappa shape index (κ2) is 6.38. The van der Waals surface area contributed by atoms with Crippen LogP contribution < -0.4 is 10.9 Å². The third-order valence-electron chi connectivity index (χ3n) is 3.48. The monoisotopic (exact) mass is 369 g/mol. The molecule has 2 aromatic carbocycles. The van der Waals surface area contributed by atoms with Crippen molar-refractivity contribution < 1.29 is 0 Å². The summed E-state index contributed by atoms with van der Waals surface area (Å²) in [6, 6.07) is 15.3. The summed E-state index contributed by atoms with van der Waals surface area (Å²) in [6.45, 7) is 4.02. The summed E-state index contributed by atoms with van der Waals surface area (Å²) < 4.78 is 1.04. The van der Waals surface area contributed by atoms with E-state index in [1.807, 2.05) is 56.3 Å². The summed E-state index contributed by atoms with van der Waals surface area (Å²) in [6.07, 6.45) is 0. The van der Waals surface area contributed by atoms with Crippen molar-refractivity contribution in [3.8, 4) is 11.3 Å². The standard InChI is InChI=1S/C18H16BrN3O/c1-11-4-3-5-13(8-11)16-10-17(23)22-18(21-16)20-14-6-7-15(19)12(2)9-14/h3-10H,1-2H3,(H2,20,21,22,23). The number of nitrogens with zero attached hydrogens (tertiary/aromatic N) is 1. The van der Waals surface area contributed by atoms with E-state index in [0.717, 1.165) is 26.9 Å². The number of halogens is 1. The molecule has 4 nitrogen and oxygen atoms in total. The Morgan fingerprint density at radius 3 is 2.65 bits per heavy atom. The fraction of sp³-hybridized carbons (Fsp3) is 0.111. The van der Waals surface area contributed by atoms with Gasteiger partial charge in [-0.15, -0.1) is 0 Å². The van der Waals surface area contributed by atoms with Crippen molar-refractivity contribution >= 4 is 27.6 Å². The molecule has 0 bridgehead atoms. The van der Waals surface area contributed by atoms with Crippen molar-refractivity contribution in [3.05, 3.63) is 74.5 Å². The number of H-pyrrole nitrogens is 1. The Bertz CT molecular complexity index is 918. The van der Waals surface area contributed by atoms with Crippen LogP contribution in [0.5, 0.6) is 0 Å². The maximum Gasteiger partial charge on any atom is 0.252 e. The first-order valence-electron chi connectivity index (χ1n) is 7.23. The molecule has 0 spiro atoms. The van der Waals surface area contributed by atoms with Crippen LogP contribution >= 0.6 is 15.9 Å². The lowest BCUT2D eigenvalue weighted by atomic mass is 10.1. The van der Waals surface area contributed by atoms with Crippen molar-refractivity contribution in [1.29, 1.82) is 0 Å². The fourth-order valence-corrected chi connectivity index (χ4v) is 2.57. The smallest absolute Gasteiger partial charge is 0.252 e. The highest BCUT2D eigenvalue weighted by Gasteiger charge is 2.05. The van der Waals surface area contributed by atoms with Gasteiger partial charge in [0.15, 0.2) is 0 Å². The van der Waals surface area contributed by atoms with Gasteiger partial charge in [0.1, 0.15) is 0 Å². The third kappa shape index (κ3) is 3.68. The SMILES string of the molecule is Cc1cccc(-c2cc(=O)[nH]c(Nc3ccc(Br)c(C)c3)n2)c1. The van der Waals surface area contributed by atoms with E-state index in [9.17, 15) is 4.79 Å². The molecule has 1 aromatic heterocycles. The number of nitrogens with one attached hydrogen (secondary N) is 2. The zero-order chi connectivity index (χ0) is 16.4. The fourth-order valence-electron chi connectivity index (χ4n) is 2.33. The summed E-state index contributed by atoms with van der Waals surface area (Å²) >= 11 is 3.47. The van der Waals surface area contributed by atoms with E-state index in [2.05, 4.69) is 31.2 Å². The second-order valence-electron chi connectivity index (χ2n) is 5.44. The molecule has 2 N–H and O–H groups in total. The van der Waals surface area contributed by atoms with E-state index in [1.54, 1.807) is 0 Å². The number of hydrogen-bond acceptors (Lipinski definition) is 3. The van der Waals surface area contributed by atoms with Crippen LogP contribution in [-0.2, 0) is 0 Å². The number of rotatable bonds is 3. The first-order chi connectivity index (χ1) is 11.0. The van der Waals surface area contributed by atoms with Crippen LogP contribution in [0.2, 0.25) is 0 Å². The molecule has 5 heteroatoms. The Morgan fingerprint density at radius 1 is 1.09 bits per heavy atom. The summed E-state index contributed by atoms with van der Waals surface area (Å²) in [4.78, 5) is 19.2. The van der Waals surface area contributed by atoms with Gasteiger partial charge in [-0.3, -0.25) is 9.78 Å². The van der Waals surface area contributed by atoms with Crippen LogP contribution in [0.15, 0.2) is 57.8 Å². The normalized spacial score (nSPS) is 10.6. The number of benzene rings is 2. The van der Waals surface area contributed by atoms with Crippen molar-refractivity contribution in [2.24, 2.45) is 0 Å². The molecule has 0 aliphatic rings. The predicted molar refractivity (Wildman–Crippen MR) is 97.2 cm³/mol. The number of hydrogen-bond donors (Lipinski definition) is 2. The van der Waals surface area contributed by atoms with E-state index < -0.39 is 0 Å². The number of aryl methyl sites for hydroxylation is 2. The van der Waals surface area contributed by atoms with Crippen molar-refractivity contribution in [1.82, 2.24) is 9.97 Å². The quantitative estimate of drug-likeness (QED) is 0.711. The van der Waals surface area contributed by atoms with Crippen molar-refractivity contribution in [3.63, 3.8) is 0 Å². The summed E-state index contributed by atoms with van der Waals surface area (Å²) in [5, 5.41) is 3.15. The molecule has 116 valence electrons. The summed E-state index contributed by atoms with van der Waals surface area (Å²) in [5.41, 5.74) is 4.48. The highest BCUT2D eigenvalue weighted by molar-refractivity contribution is 9.10. The summed E-state index contributed by atoms with van der Waals surface area (Å²) in [7, 11) is 0. The van der Waals surface area contributed by atoms with E-state index >= 15 is 0 Å². The highest BCUT2D eigenvalue weighted by Crippen LogP contribution is 2.23. The van der Waals surface area contributed by atoms with Gasteiger partial charge in [-0.05, 0) is 43.7 Å². The van der Waals surface area contributed by atoms with Gasteiger partial charge in [-0.25, -0.2) is 4.98 Å². The number of anilines is 2. The van der Waals surface area contributed by atoms with Crippen molar-refractivity contribution in [2.45, 2.75) is 13.8 Å². The van der Waals surface area contributed by atoms with E-state index in [4.69, 9.17) is 0 Å². The lowest BCUT2D eigenvalue weighted by Gasteiger charge is -2.09. The maximum absolute atomic E-state index is 11.9. The van der Waals surface area contributed by atoms with Gasteiger partial charge >= 0.3 is 0 Å².